The lowest BCUT2D eigenvalue weighted by molar-refractivity contribution is 0.0689. The summed E-state index contributed by atoms with van der Waals surface area (Å²) in [6.07, 6.45) is 5.40. The summed E-state index contributed by atoms with van der Waals surface area (Å²) in [5.74, 6) is 0.664. The van der Waals surface area contributed by atoms with E-state index < -0.39 is 0 Å². The van der Waals surface area contributed by atoms with Gasteiger partial charge < -0.3 is 9.80 Å². The second-order valence-electron chi connectivity index (χ2n) is 6.77. The Bertz CT molecular complexity index is 664. The van der Waals surface area contributed by atoms with Gasteiger partial charge in [0, 0.05) is 38.1 Å². The van der Waals surface area contributed by atoms with E-state index in [1.54, 1.807) is 12.4 Å². The molecule has 0 atom stereocenters. The summed E-state index contributed by atoms with van der Waals surface area (Å²) in [5.41, 5.74) is 1.65. The van der Waals surface area contributed by atoms with Crippen LogP contribution in [0.15, 0.2) is 42.7 Å². The van der Waals surface area contributed by atoms with E-state index in [4.69, 9.17) is 0 Å². The van der Waals surface area contributed by atoms with Gasteiger partial charge in [0.2, 0.25) is 5.95 Å². The minimum absolute atomic E-state index is 0.0343. The SMILES string of the molecule is CCCN(CCC)c1ncc(C(=O)N(Cc2ccccc2)C(C)C)cn1. The Labute approximate surface area is 157 Å². The van der Waals surface area contributed by atoms with Crippen molar-refractivity contribution in [3.63, 3.8) is 0 Å². The molecule has 0 fully saturated rings. The summed E-state index contributed by atoms with van der Waals surface area (Å²) in [7, 11) is 0. The van der Waals surface area contributed by atoms with Crippen molar-refractivity contribution in [2.24, 2.45) is 0 Å². The minimum Gasteiger partial charge on any atom is -0.341 e. The lowest BCUT2D eigenvalue weighted by Gasteiger charge is -2.27. The van der Waals surface area contributed by atoms with Crippen molar-refractivity contribution in [1.29, 1.82) is 0 Å². The van der Waals surface area contributed by atoms with E-state index in [2.05, 4.69) is 28.7 Å². The number of carbonyl (C=O) groups excluding carboxylic acids is 1. The van der Waals surface area contributed by atoms with E-state index >= 15 is 0 Å². The third kappa shape index (κ3) is 5.28. The highest BCUT2D eigenvalue weighted by Crippen LogP contribution is 2.14. The first-order valence-electron chi connectivity index (χ1n) is 9.48. The Morgan fingerprint density at radius 2 is 1.58 bits per heavy atom. The molecule has 1 aromatic carbocycles. The van der Waals surface area contributed by atoms with Gasteiger partial charge in [-0.2, -0.15) is 0 Å². The normalized spacial score (nSPS) is 10.8. The van der Waals surface area contributed by atoms with Gasteiger partial charge in [0.05, 0.1) is 5.56 Å². The summed E-state index contributed by atoms with van der Waals surface area (Å²) in [4.78, 5) is 25.9. The van der Waals surface area contributed by atoms with Crippen LogP contribution in [-0.4, -0.2) is 39.9 Å². The number of nitrogens with zero attached hydrogens (tertiary/aromatic N) is 4. The van der Waals surface area contributed by atoms with Gasteiger partial charge in [-0.3, -0.25) is 4.79 Å². The second-order valence-corrected chi connectivity index (χ2v) is 6.77. The Morgan fingerprint density at radius 1 is 1.00 bits per heavy atom. The third-order valence-electron chi connectivity index (χ3n) is 4.24. The molecule has 5 heteroatoms. The van der Waals surface area contributed by atoms with Crippen molar-refractivity contribution in [3.8, 4) is 0 Å². The zero-order valence-corrected chi connectivity index (χ0v) is 16.4. The van der Waals surface area contributed by atoms with Crippen LogP contribution in [0.3, 0.4) is 0 Å². The van der Waals surface area contributed by atoms with E-state index in [1.807, 2.05) is 49.1 Å². The van der Waals surface area contributed by atoms with Crippen molar-refractivity contribution in [1.82, 2.24) is 14.9 Å². The molecule has 1 heterocycles. The standard InChI is InChI=1S/C21H30N4O/c1-5-12-24(13-6-2)21-22-14-19(15-23-21)20(26)25(17(3)4)16-18-10-8-7-9-11-18/h7-11,14-15,17H,5-6,12-13,16H2,1-4H3. The van der Waals surface area contributed by atoms with Crippen molar-refractivity contribution in [2.75, 3.05) is 18.0 Å². The summed E-state index contributed by atoms with van der Waals surface area (Å²) in [6, 6.07) is 10.1. The molecule has 0 aliphatic rings. The zero-order valence-electron chi connectivity index (χ0n) is 16.4. The van der Waals surface area contributed by atoms with Crippen LogP contribution in [0, 0.1) is 0 Å². The molecule has 0 radical (unpaired) electrons. The van der Waals surface area contributed by atoms with Crippen molar-refractivity contribution >= 4 is 11.9 Å². The lowest BCUT2D eigenvalue weighted by Crippen LogP contribution is -2.36. The molecule has 0 aliphatic heterocycles. The molecule has 140 valence electrons. The van der Waals surface area contributed by atoms with E-state index in [0.29, 0.717) is 18.1 Å². The smallest absolute Gasteiger partial charge is 0.257 e. The molecular formula is C21H30N4O. The predicted octanol–water partition coefficient (Wildman–Crippen LogP) is 4.15. The van der Waals surface area contributed by atoms with Crippen LogP contribution in [0.25, 0.3) is 0 Å². The molecule has 1 aromatic heterocycles. The molecule has 0 spiro atoms. The van der Waals surface area contributed by atoms with Crippen molar-refractivity contribution in [2.45, 2.75) is 53.1 Å². The van der Waals surface area contributed by atoms with Gasteiger partial charge in [0.1, 0.15) is 0 Å². The molecule has 5 nitrogen and oxygen atoms in total. The van der Waals surface area contributed by atoms with Gasteiger partial charge >= 0.3 is 0 Å². The number of anilines is 1. The van der Waals surface area contributed by atoms with Gasteiger partial charge in [-0.1, -0.05) is 44.2 Å². The Kier molecular flexibility index (Phi) is 7.57. The van der Waals surface area contributed by atoms with Crippen LogP contribution in [0.2, 0.25) is 0 Å². The first-order chi connectivity index (χ1) is 12.6. The number of benzene rings is 1. The number of carbonyl (C=O) groups is 1. The zero-order chi connectivity index (χ0) is 18.9. The number of hydrogen-bond acceptors (Lipinski definition) is 4. The quantitative estimate of drug-likeness (QED) is 0.679. The van der Waals surface area contributed by atoms with E-state index in [1.165, 1.54) is 0 Å². The highest BCUT2D eigenvalue weighted by molar-refractivity contribution is 5.93. The third-order valence-corrected chi connectivity index (χ3v) is 4.24. The van der Waals surface area contributed by atoms with Gasteiger partial charge in [0.15, 0.2) is 0 Å². The Balaban J connectivity index is 2.15. The molecule has 0 saturated carbocycles. The monoisotopic (exact) mass is 354 g/mol. The van der Waals surface area contributed by atoms with E-state index in [-0.39, 0.29) is 11.9 Å². The maximum atomic E-state index is 13.0. The van der Waals surface area contributed by atoms with Crippen molar-refractivity contribution < 1.29 is 4.79 Å². The highest BCUT2D eigenvalue weighted by Gasteiger charge is 2.20. The number of amides is 1. The highest BCUT2D eigenvalue weighted by atomic mass is 16.2. The van der Waals surface area contributed by atoms with E-state index in [0.717, 1.165) is 31.5 Å². The largest absolute Gasteiger partial charge is 0.341 e. The summed E-state index contributed by atoms with van der Waals surface area (Å²) < 4.78 is 0. The van der Waals surface area contributed by atoms with Gasteiger partial charge in [-0.25, -0.2) is 9.97 Å². The number of hydrogen-bond donors (Lipinski definition) is 0. The number of aromatic nitrogens is 2. The molecule has 0 aliphatic carbocycles. The van der Waals surface area contributed by atoms with Gasteiger partial charge in [-0.05, 0) is 32.3 Å². The molecule has 0 N–H and O–H groups in total. The maximum absolute atomic E-state index is 13.0. The average molecular weight is 354 g/mol. The molecular weight excluding hydrogens is 324 g/mol. The van der Waals surface area contributed by atoms with Crippen LogP contribution in [0.4, 0.5) is 5.95 Å². The fourth-order valence-corrected chi connectivity index (χ4v) is 2.88. The predicted molar refractivity (Wildman–Crippen MR) is 106 cm³/mol. The molecule has 0 bridgehead atoms. The van der Waals surface area contributed by atoms with Crippen molar-refractivity contribution in [3.05, 3.63) is 53.9 Å². The summed E-state index contributed by atoms with van der Waals surface area (Å²) >= 11 is 0. The average Bonchev–Trinajstić information content (AvgIpc) is 2.66. The molecule has 2 aromatic rings. The van der Waals surface area contributed by atoms with Crippen LogP contribution < -0.4 is 4.90 Å². The van der Waals surface area contributed by atoms with Gasteiger partial charge in [0.25, 0.3) is 5.91 Å². The molecule has 2 rings (SSSR count). The molecule has 26 heavy (non-hydrogen) atoms. The fraction of sp³-hybridized carbons (Fsp3) is 0.476. The van der Waals surface area contributed by atoms with Gasteiger partial charge in [-0.15, -0.1) is 0 Å². The maximum Gasteiger partial charge on any atom is 0.257 e. The molecule has 1 amide bonds. The first-order valence-corrected chi connectivity index (χ1v) is 9.48. The summed E-state index contributed by atoms with van der Waals surface area (Å²) in [6.45, 7) is 10.8. The second kappa shape index (κ2) is 9.90. The first kappa shape index (κ1) is 19.9. The number of rotatable bonds is 9. The van der Waals surface area contributed by atoms with Crippen LogP contribution in [-0.2, 0) is 6.54 Å². The summed E-state index contributed by atoms with van der Waals surface area (Å²) in [5, 5.41) is 0. The van der Waals surface area contributed by atoms with Crippen LogP contribution in [0.5, 0.6) is 0 Å². The topological polar surface area (TPSA) is 49.3 Å². The minimum atomic E-state index is -0.0343. The molecule has 0 saturated heterocycles. The van der Waals surface area contributed by atoms with E-state index in [9.17, 15) is 4.79 Å². The lowest BCUT2D eigenvalue weighted by atomic mass is 10.1. The fourth-order valence-electron chi connectivity index (χ4n) is 2.88. The van der Waals surface area contributed by atoms with Crippen LogP contribution >= 0.6 is 0 Å². The molecule has 0 unspecified atom stereocenters. The Hall–Kier alpha value is -2.43. The van der Waals surface area contributed by atoms with Crippen LogP contribution in [0.1, 0.15) is 56.5 Å². The Morgan fingerprint density at radius 3 is 2.08 bits per heavy atom.